The van der Waals surface area contributed by atoms with Crippen LogP contribution in [0.15, 0.2) is 48.8 Å². The van der Waals surface area contributed by atoms with Gasteiger partial charge >= 0.3 is 5.92 Å². The number of fused-ring (bicyclic) bond motifs is 1. The van der Waals surface area contributed by atoms with E-state index >= 15 is 0 Å². The van der Waals surface area contributed by atoms with E-state index in [0.717, 1.165) is 18.3 Å². The Kier molecular flexibility index (Phi) is 2.85. The molecule has 6 heteroatoms. The van der Waals surface area contributed by atoms with E-state index < -0.39 is 23.3 Å². The van der Waals surface area contributed by atoms with Crippen LogP contribution in [0.25, 0.3) is 10.9 Å². The fourth-order valence-corrected chi connectivity index (χ4v) is 1.80. The quantitative estimate of drug-likeness (QED) is 0.720. The molecule has 0 saturated carbocycles. The zero-order valence-corrected chi connectivity index (χ0v) is 10.1. The van der Waals surface area contributed by atoms with E-state index in [1.54, 1.807) is 24.3 Å². The zero-order valence-electron chi connectivity index (χ0n) is 10.1. The maximum Gasteiger partial charge on any atom is 0.348 e. The Balaban J connectivity index is 2.10. The SMILES string of the molecule is Fc1ccc(C(F)(F)c2ncc3ccccc3n2)nc1. The Bertz CT molecular complexity index is 757. The third-order valence-electron chi connectivity index (χ3n) is 2.82. The summed E-state index contributed by atoms with van der Waals surface area (Å²) >= 11 is 0. The number of nitrogens with zero attached hydrogens (tertiary/aromatic N) is 3. The molecule has 0 spiro atoms. The van der Waals surface area contributed by atoms with E-state index in [0.29, 0.717) is 10.9 Å². The van der Waals surface area contributed by atoms with Crippen molar-refractivity contribution in [1.29, 1.82) is 0 Å². The van der Waals surface area contributed by atoms with Crippen LogP contribution in [0.1, 0.15) is 11.5 Å². The number of halogens is 3. The molecule has 0 radical (unpaired) electrons. The van der Waals surface area contributed by atoms with E-state index in [2.05, 4.69) is 15.0 Å². The van der Waals surface area contributed by atoms with Crippen LogP contribution in [0.5, 0.6) is 0 Å². The second-order valence-electron chi connectivity index (χ2n) is 4.19. The molecule has 100 valence electrons. The van der Waals surface area contributed by atoms with Gasteiger partial charge < -0.3 is 0 Å². The van der Waals surface area contributed by atoms with Crippen molar-refractivity contribution in [3.05, 3.63) is 66.1 Å². The molecule has 3 rings (SSSR count). The lowest BCUT2D eigenvalue weighted by Gasteiger charge is -2.14. The van der Waals surface area contributed by atoms with Crippen molar-refractivity contribution >= 4 is 10.9 Å². The molecule has 3 aromatic rings. The maximum atomic E-state index is 14.2. The third-order valence-corrected chi connectivity index (χ3v) is 2.82. The highest BCUT2D eigenvalue weighted by molar-refractivity contribution is 5.77. The zero-order chi connectivity index (χ0) is 14.2. The second-order valence-corrected chi connectivity index (χ2v) is 4.19. The molecule has 2 heterocycles. The van der Waals surface area contributed by atoms with E-state index in [1.165, 1.54) is 6.20 Å². The minimum atomic E-state index is -3.47. The molecule has 0 saturated heterocycles. The van der Waals surface area contributed by atoms with Crippen molar-refractivity contribution in [3.63, 3.8) is 0 Å². The van der Waals surface area contributed by atoms with Crippen LogP contribution < -0.4 is 0 Å². The number of rotatable bonds is 2. The van der Waals surface area contributed by atoms with Gasteiger partial charge in [-0.2, -0.15) is 8.78 Å². The van der Waals surface area contributed by atoms with Crippen LogP contribution in [-0.2, 0) is 5.92 Å². The number of hydrogen-bond donors (Lipinski definition) is 0. The Morgan fingerprint density at radius 3 is 2.45 bits per heavy atom. The minimum absolute atomic E-state index is 0.416. The Labute approximate surface area is 112 Å². The Morgan fingerprint density at radius 2 is 1.70 bits per heavy atom. The summed E-state index contributed by atoms with van der Waals surface area (Å²) in [6.07, 6.45) is 2.07. The summed E-state index contributed by atoms with van der Waals surface area (Å²) in [5.74, 6) is -4.81. The molecule has 0 aliphatic rings. The van der Waals surface area contributed by atoms with Crippen LogP contribution in [0.2, 0.25) is 0 Å². The normalized spacial score (nSPS) is 11.8. The van der Waals surface area contributed by atoms with Gasteiger partial charge in [0.1, 0.15) is 11.5 Å². The van der Waals surface area contributed by atoms with Crippen molar-refractivity contribution in [2.24, 2.45) is 0 Å². The van der Waals surface area contributed by atoms with Crippen molar-refractivity contribution in [3.8, 4) is 0 Å². The summed E-state index contributed by atoms with van der Waals surface area (Å²) in [5.41, 5.74) is -0.173. The van der Waals surface area contributed by atoms with Gasteiger partial charge in [-0.1, -0.05) is 18.2 Å². The fourth-order valence-electron chi connectivity index (χ4n) is 1.80. The molecule has 0 atom stereocenters. The lowest BCUT2D eigenvalue weighted by atomic mass is 10.2. The Morgan fingerprint density at radius 1 is 0.900 bits per heavy atom. The van der Waals surface area contributed by atoms with Crippen LogP contribution in [0.4, 0.5) is 13.2 Å². The van der Waals surface area contributed by atoms with Crippen LogP contribution >= 0.6 is 0 Å². The van der Waals surface area contributed by atoms with E-state index in [9.17, 15) is 13.2 Å². The summed E-state index contributed by atoms with van der Waals surface area (Å²) in [7, 11) is 0. The summed E-state index contributed by atoms with van der Waals surface area (Å²) in [4.78, 5) is 10.9. The van der Waals surface area contributed by atoms with Crippen molar-refractivity contribution in [2.45, 2.75) is 5.92 Å². The molecule has 0 aliphatic heterocycles. The highest BCUT2D eigenvalue weighted by Crippen LogP contribution is 2.32. The van der Waals surface area contributed by atoms with E-state index in [1.807, 2.05) is 0 Å². The molecular formula is C14H8F3N3. The minimum Gasteiger partial charge on any atom is -0.251 e. The highest BCUT2D eigenvalue weighted by Gasteiger charge is 2.39. The second kappa shape index (κ2) is 4.56. The first-order chi connectivity index (χ1) is 9.57. The maximum absolute atomic E-state index is 14.2. The number of para-hydroxylation sites is 1. The van der Waals surface area contributed by atoms with E-state index in [4.69, 9.17) is 0 Å². The first kappa shape index (κ1) is 12.5. The molecule has 3 nitrogen and oxygen atoms in total. The van der Waals surface area contributed by atoms with Crippen LogP contribution in [-0.4, -0.2) is 15.0 Å². The first-order valence-corrected chi connectivity index (χ1v) is 5.79. The highest BCUT2D eigenvalue weighted by atomic mass is 19.3. The fraction of sp³-hybridized carbons (Fsp3) is 0.0714. The van der Waals surface area contributed by atoms with Gasteiger partial charge in [-0.25, -0.2) is 14.4 Å². The van der Waals surface area contributed by atoms with Gasteiger partial charge in [0.05, 0.1) is 11.7 Å². The summed E-state index contributed by atoms with van der Waals surface area (Å²) in [5, 5.41) is 0.666. The van der Waals surface area contributed by atoms with Gasteiger partial charge in [0.2, 0.25) is 5.82 Å². The molecule has 0 N–H and O–H groups in total. The molecule has 0 aliphatic carbocycles. The number of benzene rings is 1. The third kappa shape index (κ3) is 2.09. The predicted octanol–water partition coefficient (Wildman–Crippen LogP) is 3.30. The van der Waals surface area contributed by atoms with Gasteiger partial charge in [-0.05, 0) is 18.2 Å². The average molecular weight is 275 g/mol. The first-order valence-electron chi connectivity index (χ1n) is 5.79. The average Bonchev–Trinajstić information content (AvgIpc) is 2.47. The van der Waals surface area contributed by atoms with Gasteiger partial charge in [-0.3, -0.25) is 4.98 Å². The van der Waals surface area contributed by atoms with Crippen LogP contribution in [0, 0.1) is 5.82 Å². The van der Waals surface area contributed by atoms with Gasteiger partial charge in [-0.15, -0.1) is 0 Å². The number of pyridine rings is 1. The summed E-state index contributed by atoms with van der Waals surface area (Å²) < 4.78 is 41.2. The smallest absolute Gasteiger partial charge is 0.251 e. The largest absolute Gasteiger partial charge is 0.348 e. The number of alkyl halides is 2. The van der Waals surface area contributed by atoms with Crippen molar-refractivity contribution in [2.75, 3.05) is 0 Å². The number of hydrogen-bond acceptors (Lipinski definition) is 3. The predicted molar refractivity (Wildman–Crippen MR) is 66.7 cm³/mol. The summed E-state index contributed by atoms with van der Waals surface area (Å²) in [6.45, 7) is 0. The topological polar surface area (TPSA) is 38.7 Å². The summed E-state index contributed by atoms with van der Waals surface area (Å²) in [6, 6.07) is 8.67. The van der Waals surface area contributed by atoms with Crippen molar-refractivity contribution < 1.29 is 13.2 Å². The lowest BCUT2D eigenvalue weighted by Crippen LogP contribution is -2.20. The van der Waals surface area contributed by atoms with E-state index in [-0.39, 0.29) is 0 Å². The van der Waals surface area contributed by atoms with Gasteiger partial charge in [0.25, 0.3) is 0 Å². The van der Waals surface area contributed by atoms with Gasteiger partial charge in [0, 0.05) is 11.6 Å². The Hall–Kier alpha value is -2.50. The molecule has 0 bridgehead atoms. The molecular weight excluding hydrogens is 267 g/mol. The van der Waals surface area contributed by atoms with Gasteiger partial charge in [0.15, 0.2) is 0 Å². The monoisotopic (exact) mass is 275 g/mol. The molecule has 0 unspecified atom stereocenters. The molecule has 0 fully saturated rings. The lowest BCUT2D eigenvalue weighted by molar-refractivity contribution is 0.0283. The standard InChI is InChI=1S/C14H8F3N3/c15-10-5-6-12(18-8-10)14(16,17)13-19-7-9-3-1-2-4-11(9)20-13/h1-8H. The number of aromatic nitrogens is 3. The molecule has 1 aromatic carbocycles. The van der Waals surface area contributed by atoms with Crippen molar-refractivity contribution in [1.82, 2.24) is 15.0 Å². The van der Waals surface area contributed by atoms with Crippen LogP contribution in [0.3, 0.4) is 0 Å². The molecule has 0 amide bonds. The molecule has 2 aromatic heterocycles. The molecule has 20 heavy (non-hydrogen) atoms.